The van der Waals surface area contributed by atoms with E-state index in [-0.39, 0.29) is 5.56 Å². The minimum Gasteiger partial charge on any atom is -0.348 e. The van der Waals surface area contributed by atoms with Gasteiger partial charge in [-0.3, -0.25) is 0 Å². The maximum atomic E-state index is 15.0. The summed E-state index contributed by atoms with van der Waals surface area (Å²) in [5, 5.41) is 0. The average Bonchev–Trinajstić information content (AvgIpc) is 2.86. The van der Waals surface area contributed by atoms with Gasteiger partial charge in [-0.1, -0.05) is 67.6 Å². The molecular formula is C29H29F3O2. The zero-order valence-electron chi connectivity index (χ0n) is 19.5. The summed E-state index contributed by atoms with van der Waals surface area (Å²) >= 11 is 0. The second kappa shape index (κ2) is 11.0. The molecule has 0 unspecified atom stereocenters. The molecule has 3 aromatic carbocycles. The summed E-state index contributed by atoms with van der Waals surface area (Å²) < 4.78 is 55.3. The van der Waals surface area contributed by atoms with Crippen LogP contribution in [0.2, 0.25) is 0 Å². The molecular weight excluding hydrogens is 437 g/mol. The van der Waals surface area contributed by atoms with E-state index in [1.54, 1.807) is 55.5 Å². The van der Waals surface area contributed by atoms with Gasteiger partial charge in [0, 0.05) is 22.6 Å². The van der Waals surface area contributed by atoms with Crippen LogP contribution >= 0.6 is 0 Å². The van der Waals surface area contributed by atoms with E-state index in [0.29, 0.717) is 53.4 Å². The van der Waals surface area contributed by atoms with Gasteiger partial charge < -0.3 is 9.47 Å². The number of benzene rings is 3. The Kier molecular flexibility index (Phi) is 7.86. The minimum absolute atomic E-state index is 0.188. The van der Waals surface area contributed by atoms with Gasteiger partial charge in [0.15, 0.2) is 17.9 Å². The van der Waals surface area contributed by atoms with Gasteiger partial charge in [-0.05, 0) is 48.9 Å². The monoisotopic (exact) mass is 466 g/mol. The van der Waals surface area contributed by atoms with Crippen molar-refractivity contribution >= 4 is 0 Å². The zero-order chi connectivity index (χ0) is 24.1. The highest BCUT2D eigenvalue weighted by Crippen LogP contribution is 2.33. The van der Waals surface area contributed by atoms with Gasteiger partial charge in [0.25, 0.3) is 0 Å². The fourth-order valence-electron chi connectivity index (χ4n) is 4.23. The van der Waals surface area contributed by atoms with E-state index in [1.165, 1.54) is 6.07 Å². The first-order valence-electron chi connectivity index (χ1n) is 11.7. The minimum atomic E-state index is -0.862. The van der Waals surface area contributed by atoms with Crippen LogP contribution in [-0.4, -0.2) is 13.2 Å². The number of allylic oxidation sites excluding steroid dienone is 2. The average molecular weight is 467 g/mol. The van der Waals surface area contributed by atoms with Crippen molar-refractivity contribution in [2.75, 3.05) is 13.2 Å². The lowest BCUT2D eigenvalue weighted by atomic mass is 9.97. The van der Waals surface area contributed by atoms with Gasteiger partial charge in [0.05, 0.1) is 13.2 Å². The summed E-state index contributed by atoms with van der Waals surface area (Å²) in [5.74, 6) is -1.73. The first kappa shape index (κ1) is 24.2. The summed E-state index contributed by atoms with van der Waals surface area (Å²) in [6.07, 6.45) is 6.00. The van der Waals surface area contributed by atoms with Gasteiger partial charge in [-0.15, -0.1) is 0 Å². The van der Waals surface area contributed by atoms with Crippen molar-refractivity contribution in [3.05, 3.63) is 95.3 Å². The summed E-state index contributed by atoms with van der Waals surface area (Å²) in [4.78, 5) is 0. The molecule has 0 aliphatic carbocycles. The molecule has 0 atom stereocenters. The Bertz CT molecular complexity index is 1150. The Balaban J connectivity index is 1.46. The van der Waals surface area contributed by atoms with Gasteiger partial charge in [0.1, 0.15) is 5.82 Å². The number of rotatable bonds is 7. The van der Waals surface area contributed by atoms with E-state index in [4.69, 9.17) is 9.47 Å². The van der Waals surface area contributed by atoms with E-state index < -0.39 is 23.7 Å². The van der Waals surface area contributed by atoms with Crippen LogP contribution in [0.5, 0.6) is 0 Å². The van der Waals surface area contributed by atoms with Crippen molar-refractivity contribution in [1.29, 1.82) is 0 Å². The fourth-order valence-corrected chi connectivity index (χ4v) is 4.23. The van der Waals surface area contributed by atoms with Crippen molar-refractivity contribution in [2.45, 2.75) is 39.4 Å². The molecule has 34 heavy (non-hydrogen) atoms. The molecule has 0 radical (unpaired) electrons. The molecule has 2 nitrogen and oxygen atoms in total. The Labute approximate surface area is 199 Å². The molecule has 0 N–H and O–H groups in total. The smallest absolute Gasteiger partial charge is 0.183 e. The van der Waals surface area contributed by atoms with Crippen molar-refractivity contribution in [3.8, 4) is 22.3 Å². The van der Waals surface area contributed by atoms with Crippen LogP contribution in [0.4, 0.5) is 13.2 Å². The highest BCUT2D eigenvalue weighted by molar-refractivity contribution is 5.71. The third kappa shape index (κ3) is 5.26. The quantitative estimate of drug-likeness (QED) is 0.328. The van der Waals surface area contributed by atoms with E-state index in [9.17, 15) is 13.2 Å². The van der Waals surface area contributed by atoms with Gasteiger partial charge in [-0.25, -0.2) is 13.2 Å². The predicted octanol–water partition coefficient (Wildman–Crippen LogP) is 8.02. The molecule has 178 valence electrons. The normalized spacial score (nSPS) is 18.5. The molecule has 1 saturated heterocycles. The van der Waals surface area contributed by atoms with Crippen LogP contribution in [0.25, 0.3) is 22.3 Å². The Morgan fingerprint density at radius 3 is 2.12 bits per heavy atom. The molecule has 4 rings (SSSR count). The fraction of sp³-hybridized carbons (Fsp3) is 0.310. The Morgan fingerprint density at radius 1 is 0.853 bits per heavy atom. The van der Waals surface area contributed by atoms with E-state index in [2.05, 4.69) is 6.08 Å². The molecule has 0 amide bonds. The predicted molar refractivity (Wildman–Crippen MR) is 129 cm³/mol. The Morgan fingerprint density at radius 2 is 1.50 bits per heavy atom. The lowest BCUT2D eigenvalue weighted by Crippen LogP contribution is -2.27. The SMILES string of the molecule is C/C=C/CCC1COC(c2ccc(-c3ccc(-c4ccc(CC)c(F)c4F)cc3)c(F)c2)OC1. The third-order valence-electron chi connectivity index (χ3n) is 6.26. The highest BCUT2D eigenvalue weighted by atomic mass is 19.2. The second-order valence-electron chi connectivity index (χ2n) is 8.58. The van der Waals surface area contributed by atoms with Crippen LogP contribution in [0.15, 0.2) is 66.7 Å². The standard InChI is InChI=1S/C29H29F3O2/c1-3-5-6-7-19-17-33-29(34-18-19)23-13-14-24(26(30)16-23)21-8-10-22(11-9-21)25-15-12-20(4-2)27(31)28(25)32/h3,5,8-16,19,29H,4,6-7,17-18H2,1-2H3/b5-3+. The second-order valence-corrected chi connectivity index (χ2v) is 8.58. The number of halogens is 3. The maximum absolute atomic E-state index is 15.0. The lowest BCUT2D eigenvalue weighted by molar-refractivity contribution is -0.205. The number of ether oxygens (including phenoxy) is 2. The summed E-state index contributed by atoms with van der Waals surface area (Å²) in [5.41, 5.74) is 2.77. The van der Waals surface area contributed by atoms with Crippen LogP contribution in [0, 0.1) is 23.4 Å². The summed E-state index contributed by atoms with van der Waals surface area (Å²) in [7, 11) is 0. The maximum Gasteiger partial charge on any atom is 0.183 e. The first-order valence-corrected chi connectivity index (χ1v) is 11.7. The summed E-state index contributed by atoms with van der Waals surface area (Å²) in [6, 6.07) is 14.9. The van der Waals surface area contributed by atoms with Crippen molar-refractivity contribution in [3.63, 3.8) is 0 Å². The van der Waals surface area contributed by atoms with E-state index in [0.717, 1.165) is 12.8 Å². The van der Waals surface area contributed by atoms with Crippen LogP contribution in [0.3, 0.4) is 0 Å². The van der Waals surface area contributed by atoms with E-state index >= 15 is 0 Å². The van der Waals surface area contributed by atoms with Crippen LogP contribution in [-0.2, 0) is 15.9 Å². The molecule has 5 heteroatoms. The number of aryl methyl sites for hydroxylation is 1. The van der Waals surface area contributed by atoms with Crippen molar-refractivity contribution < 1.29 is 22.6 Å². The topological polar surface area (TPSA) is 18.5 Å². The van der Waals surface area contributed by atoms with Gasteiger partial charge in [-0.2, -0.15) is 0 Å². The first-order chi connectivity index (χ1) is 16.5. The molecule has 3 aromatic rings. The van der Waals surface area contributed by atoms with Crippen LogP contribution < -0.4 is 0 Å². The van der Waals surface area contributed by atoms with Crippen molar-refractivity contribution in [2.24, 2.45) is 5.92 Å². The molecule has 1 aliphatic heterocycles. The molecule has 1 aliphatic rings. The molecule has 0 saturated carbocycles. The van der Waals surface area contributed by atoms with E-state index in [1.807, 2.05) is 13.0 Å². The molecule has 1 fully saturated rings. The number of hydrogen-bond acceptors (Lipinski definition) is 2. The van der Waals surface area contributed by atoms with Crippen molar-refractivity contribution in [1.82, 2.24) is 0 Å². The molecule has 0 bridgehead atoms. The largest absolute Gasteiger partial charge is 0.348 e. The lowest BCUT2D eigenvalue weighted by Gasteiger charge is -2.29. The van der Waals surface area contributed by atoms with Gasteiger partial charge in [0.2, 0.25) is 0 Å². The summed E-state index contributed by atoms with van der Waals surface area (Å²) in [6.45, 7) is 4.96. The third-order valence-corrected chi connectivity index (χ3v) is 6.26. The molecule has 0 spiro atoms. The van der Waals surface area contributed by atoms with Gasteiger partial charge >= 0.3 is 0 Å². The molecule has 1 heterocycles. The van der Waals surface area contributed by atoms with Crippen LogP contribution in [0.1, 0.15) is 44.1 Å². The number of hydrogen-bond donors (Lipinski definition) is 0. The highest BCUT2D eigenvalue weighted by Gasteiger charge is 2.24. The zero-order valence-corrected chi connectivity index (χ0v) is 19.5. The molecule has 0 aromatic heterocycles. The Hall–Kier alpha value is -2.89.